The van der Waals surface area contributed by atoms with Crippen molar-refractivity contribution in [3.05, 3.63) is 94.6 Å². The van der Waals surface area contributed by atoms with Gasteiger partial charge in [-0.15, -0.1) is 0 Å². The molecule has 3 amide bonds. The average Bonchev–Trinajstić information content (AvgIpc) is 3.59. The van der Waals surface area contributed by atoms with Gasteiger partial charge in [-0.25, -0.2) is 4.90 Å². The van der Waals surface area contributed by atoms with Gasteiger partial charge in [0.15, 0.2) is 0 Å². The van der Waals surface area contributed by atoms with Crippen molar-refractivity contribution in [2.24, 2.45) is 11.8 Å². The summed E-state index contributed by atoms with van der Waals surface area (Å²) in [6.45, 7) is 0. The van der Waals surface area contributed by atoms with Gasteiger partial charge in [0.05, 0.1) is 17.5 Å². The topological polar surface area (TPSA) is 94.3 Å². The second-order valence-corrected chi connectivity index (χ2v) is 10.5. The van der Waals surface area contributed by atoms with E-state index in [1.807, 2.05) is 54.7 Å². The minimum absolute atomic E-state index is 0.279. The molecule has 4 heterocycles. The number of fused-ring (bicyclic) bond motifs is 5. The van der Waals surface area contributed by atoms with E-state index in [-0.39, 0.29) is 17.7 Å². The fourth-order valence-electron chi connectivity index (χ4n) is 6.32. The maximum absolute atomic E-state index is 14.0. The molecule has 0 radical (unpaired) electrons. The monoisotopic (exact) mass is 540 g/mol. The van der Waals surface area contributed by atoms with Gasteiger partial charge < -0.3 is 10.3 Å². The Morgan fingerprint density at radius 1 is 0.889 bits per heavy atom. The van der Waals surface area contributed by atoms with Crippen LogP contribution in [0, 0.1) is 11.8 Å². The van der Waals surface area contributed by atoms with Crippen molar-refractivity contribution in [3.63, 3.8) is 0 Å². The summed E-state index contributed by atoms with van der Waals surface area (Å²) in [5.41, 5.74) is 2.62. The fourth-order valence-corrected chi connectivity index (χ4v) is 6.58. The molecule has 3 aliphatic rings. The number of hydrogen-bond donors (Lipinski definition) is 3. The molecule has 1 spiro atoms. The summed E-state index contributed by atoms with van der Waals surface area (Å²) in [4.78, 5) is 46.2. The van der Waals surface area contributed by atoms with Gasteiger partial charge in [0.1, 0.15) is 5.54 Å². The SMILES string of the molecule is O=C1[C@H]2[C@@H](C(=O)N1c1ccc(Br)cc1)[C@@]1(N[C@@H]2Cc2c[nH]c3ccccc23)C(=O)Nc2ccccc21. The van der Waals surface area contributed by atoms with Gasteiger partial charge in [-0.2, -0.15) is 0 Å². The Bertz CT molecular complexity index is 1580. The van der Waals surface area contributed by atoms with Crippen molar-refractivity contribution in [2.75, 3.05) is 10.2 Å². The number of nitrogens with one attached hydrogen (secondary N) is 3. The van der Waals surface area contributed by atoms with E-state index in [0.717, 1.165) is 20.9 Å². The molecule has 2 fully saturated rings. The standard InChI is InChI=1S/C28H21BrN4O3/c29-16-9-11-17(12-10-16)33-25(34)23-22(13-15-14-30-20-7-3-1-5-18(15)20)32-28(24(23)26(33)35)19-6-2-4-8-21(19)31-27(28)36/h1-12,14,22-24,30,32H,13H2,(H,31,36)/t22-,23-,24+,28-/m1/s1. The highest BCUT2D eigenvalue weighted by Crippen LogP contribution is 2.54. The van der Waals surface area contributed by atoms with Crippen molar-refractivity contribution in [1.29, 1.82) is 0 Å². The maximum atomic E-state index is 14.0. The highest BCUT2D eigenvalue weighted by molar-refractivity contribution is 9.10. The number of imide groups is 1. The van der Waals surface area contributed by atoms with Crippen LogP contribution in [0.25, 0.3) is 10.9 Å². The second kappa shape index (κ2) is 7.62. The molecule has 0 saturated carbocycles. The number of H-pyrrole nitrogens is 1. The van der Waals surface area contributed by atoms with Crippen LogP contribution in [0.1, 0.15) is 11.1 Å². The molecule has 3 aromatic carbocycles. The average molecular weight is 541 g/mol. The van der Waals surface area contributed by atoms with Gasteiger partial charge in [-0.3, -0.25) is 19.7 Å². The third-order valence-corrected chi connectivity index (χ3v) is 8.35. The molecule has 3 N–H and O–H groups in total. The van der Waals surface area contributed by atoms with Crippen LogP contribution in [0.4, 0.5) is 11.4 Å². The first-order chi connectivity index (χ1) is 17.5. The first kappa shape index (κ1) is 21.5. The van der Waals surface area contributed by atoms with Gasteiger partial charge in [-0.05, 0) is 48.4 Å². The molecule has 7 rings (SSSR count). The van der Waals surface area contributed by atoms with Gasteiger partial charge >= 0.3 is 0 Å². The van der Waals surface area contributed by atoms with Crippen LogP contribution in [-0.2, 0) is 26.3 Å². The number of rotatable bonds is 3. The minimum Gasteiger partial charge on any atom is -0.361 e. The number of para-hydroxylation sites is 2. The predicted molar refractivity (Wildman–Crippen MR) is 139 cm³/mol. The molecule has 4 aromatic rings. The lowest BCUT2D eigenvalue weighted by atomic mass is 9.76. The zero-order valence-electron chi connectivity index (χ0n) is 19.0. The van der Waals surface area contributed by atoms with E-state index < -0.39 is 23.4 Å². The molecule has 0 unspecified atom stereocenters. The Morgan fingerprint density at radius 2 is 1.64 bits per heavy atom. The third kappa shape index (κ3) is 2.79. The summed E-state index contributed by atoms with van der Waals surface area (Å²) in [5, 5.41) is 7.54. The molecule has 1 aromatic heterocycles. The summed E-state index contributed by atoms with van der Waals surface area (Å²) in [6, 6.07) is 22.1. The number of halogens is 1. The Kier molecular flexibility index (Phi) is 4.56. The largest absolute Gasteiger partial charge is 0.361 e. The zero-order valence-corrected chi connectivity index (χ0v) is 20.6. The summed E-state index contributed by atoms with van der Waals surface area (Å²) in [7, 11) is 0. The summed E-state index contributed by atoms with van der Waals surface area (Å²) >= 11 is 3.42. The summed E-state index contributed by atoms with van der Waals surface area (Å²) in [5.74, 6) is -2.47. The molecule has 8 heteroatoms. The van der Waals surface area contributed by atoms with Gasteiger partial charge in [0.2, 0.25) is 17.7 Å². The molecular weight excluding hydrogens is 520 g/mol. The van der Waals surface area contributed by atoms with E-state index in [9.17, 15) is 14.4 Å². The van der Waals surface area contributed by atoms with E-state index in [2.05, 4.69) is 31.5 Å². The van der Waals surface area contributed by atoms with Crippen LogP contribution >= 0.6 is 15.9 Å². The highest BCUT2D eigenvalue weighted by Gasteiger charge is 2.70. The number of amides is 3. The summed E-state index contributed by atoms with van der Waals surface area (Å²) < 4.78 is 0.852. The Balaban J connectivity index is 1.37. The number of aromatic amines is 1. The van der Waals surface area contributed by atoms with E-state index in [1.54, 1.807) is 24.3 Å². The molecule has 4 atom stereocenters. The molecule has 0 bridgehead atoms. The summed E-state index contributed by atoms with van der Waals surface area (Å²) in [6.07, 6.45) is 2.44. The van der Waals surface area contributed by atoms with Gasteiger partial charge in [0.25, 0.3) is 0 Å². The third-order valence-electron chi connectivity index (χ3n) is 7.82. The smallest absolute Gasteiger partial charge is 0.250 e. The van der Waals surface area contributed by atoms with Crippen LogP contribution in [0.5, 0.6) is 0 Å². The van der Waals surface area contributed by atoms with E-state index >= 15 is 0 Å². The van der Waals surface area contributed by atoms with Crippen molar-refractivity contribution >= 4 is 55.9 Å². The normalized spacial score (nSPS) is 26.6. The number of hydrogen-bond acceptors (Lipinski definition) is 4. The number of carbonyl (C=O) groups is 3. The minimum atomic E-state index is -1.31. The first-order valence-corrected chi connectivity index (χ1v) is 12.7. The number of benzene rings is 3. The lowest BCUT2D eigenvalue weighted by Crippen LogP contribution is -2.53. The molecule has 178 valence electrons. The predicted octanol–water partition coefficient (Wildman–Crippen LogP) is 4.10. The van der Waals surface area contributed by atoms with E-state index in [4.69, 9.17) is 0 Å². The highest BCUT2D eigenvalue weighted by atomic mass is 79.9. The van der Waals surface area contributed by atoms with Crippen LogP contribution in [0.2, 0.25) is 0 Å². The number of anilines is 2. The number of carbonyl (C=O) groups excluding carboxylic acids is 3. The van der Waals surface area contributed by atoms with Crippen molar-refractivity contribution in [3.8, 4) is 0 Å². The van der Waals surface area contributed by atoms with Crippen molar-refractivity contribution < 1.29 is 14.4 Å². The van der Waals surface area contributed by atoms with Crippen LogP contribution in [0.15, 0.2) is 83.5 Å². The van der Waals surface area contributed by atoms with Gasteiger partial charge in [-0.1, -0.05) is 52.3 Å². The van der Waals surface area contributed by atoms with E-state index in [0.29, 0.717) is 23.4 Å². The Hall–Kier alpha value is -3.75. The Labute approximate surface area is 215 Å². The van der Waals surface area contributed by atoms with Crippen LogP contribution in [0.3, 0.4) is 0 Å². The lowest BCUT2D eigenvalue weighted by molar-refractivity contribution is -0.130. The lowest BCUT2D eigenvalue weighted by Gasteiger charge is -2.29. The van der Waals surface area contributed by atoms with Gasteiger partial charge in [0, 0.05) is 38.9 Å². The van der Waals surface area contributed by atoms with E-state index in [1.165, 1.54) is 4.90 Å². The van der Waals surface area contributed by atoms with Crippen molar-refractivity contribution in [1.82, 2.24) is 10.3 Å². The second-order valence-electron chi connectivity index (χ2n) is 9.61. The Morgan fingerprint density at radius 3 is 2.47 bits per heavy atom. The molecule has 0 aliphatic carbocycles. The van der Waals surface area contributed by atoms with Crippen LogP contribution in [-0.4, -0.2) is 28.7 Å². The van der Waals surface area contributed by atoms with Crippen molar-refractivity contribution in [2.45, 2.75) is 18.0 Å². The molecular formula is C28H21BrN4O3. The first-order valence-electron chi connectivity index (χ1n) is 11.9. The quantitative estimate of drug-likeness (QED) is 0.341. The number of aromatic nitrogens is 1. The molecule has 36 heavy (non-hydrogen) atoms. The zero-order chi connectivity index (χ0) is 24.6. The maximum Gasteiger partial charge on any atom is 0.250 e. The molecule has 7 nitrogen and oxygen atoms in total. The molecule has 3 aliphatic heterocycles. The molecule has 2 saturated heterocycles. The van der Waals surface area contributed by atoms with Crippen LogP contribution < -0.4 is 15.5 Å². The fraction of sp³-hybridized carbons (Fsp3) is 0.179. The number of nitrogens with zero attached hydrogens (tertiary/aromatic N) is 1.